The zero-order valence-corrected chi connectivity index (χ0v) is 13.4. The highest BCUT2D eigenvalue weighted by molar-refractivity contribution is 5.99. The van der Waals surface area contributed by atoms with Crippen molar-refractivity contribution in [3.63, 3.8) is 0 Å². The lowest BCUT2D eigenvalue weighted by atomic mass is 10.1. The highest BCUT2D eigenvalue weighted by Gasteiger charge is 2.36. The zero-order chi connectivity index (χ0) is 17.1. The van der Waals surface area contributed by atoms with E-state index in [4.69, 9.17) is 4.74 Å². The number of anilines is 1. The molecule has 1 aliphatic heterocycles. The minimum absolute atomic E-state index is 0.100. The van der Waals surface area contributed by atoms with Gasteiger partial charge in [0.25, 0.3) is 0 Å². The van der Waals surface area contributed by atoms with Crippen molar-refractivity contribution in [2.24, 2.45) is 5.92 Å². The average molecular weight is 327 g/mol. The number of amides is 1. The molecule has 1 fully saturated rings. The van der Waals surface area contributed by atoms with Crippen molar-refractivity contribution >= 4 is 17.6 Å². The molecular formula is C19H18FNO3. The number of aryl methyl sites for hydroxylation is 1. The van der Waals surface area contributed by atoms with Crippen LogP contribution in [0.3, 0.4) is 0 Å². The number of nitrogens with zero attached hydrogens (tertiary/aromatic N) is 1. The molecule has 5 heteroatoms. The molecule has 1 aliphatic rings. The Hall–Kier alpha value is -2.69. The minimum atomic E-state index is -0.520. The van der Waals surface area contributed by atoms with Gasteiger partial charge in [0, 0.05) is 18.7 Å². The first-order valence-corrected chi connectivity index (χ1v) is 7.93. The lowest BCUT2D eigenvalue weighted by Crippen LogP contribution is -2.27. The second-order valence-corrected chi connectivity index (χ2v) is 5.80. The van der Waals surface area contributed by atoms with Gasteiger partial charge in [0.1, 0.15) is 11.6 Å². The number of rotatable bonds is 4. The van der Waals surface area contributed by atoms with Crippen LogP contribution in [0, 0.1) is 11.7 Å². The molecule has 124 valence electrons. The Labute approximate surface area is 139 Å². The molecule has 1 heterocycles. The minimum Gasteiger partial charge on any atom is -0.426 e. The summed E-state index contributed by atoms with van der Waals surface area (Å²) < 4.78 is 18.4. The fourth-order valence-electron chi connectivity index (χ4n) is 2.73. The fourth-order valence-corrected chi connectivity index (χ4v) is 2.73. The van der Waals surface area contributed by atoms with Crippen molar-refractivity contribution in [2.75, 3.05) is 11.4 Å². The zero-order valence-electron chi connectivity index (χ0n) is 13.4. The number of hydrogen-bond acceptors (Lipinski definition) is 3. The predicted octanol–water partition coefficient (Wildman–Crippen LogP) is 3.35. The molecule has 0 aliphatic carbocycles. The van der Waals surface area contributed by atoms with Gasteiger partial charge in [-0.05, 0) is 48.4 Å². The maximum Gasteiger partial charge on any atom is 0.316 e. The highest BCUT2D eigenvalue weighted by Crippen LogP contribution is 2.26. The fraction of sp³-hybridized carbons (Fsp3) is 0.263. The van der Waals surface area contributed by atoms with Crippen LogP contribution in [0.5, 0.6) is 5.75 Å². The molecule has 0 unspecified atom stereocenters. The van der Waals surface area contributed by atoms with E-state index in [0.29, 0.717) is 11.4 Å². The van der Waals surface area contributed by atoms with Crippen LogP contribution in [-0.2, 0) is 16.0 Å². The molecular weight excluding hydrogens is 309 g/mol. The summed E-state index contributed by atoms with van der Waals surface area (Å²) in [5.74, 6) is -0.989. The summed E-state index contributed by atoms with van der Waals surface area (Å²) >= 11 is 0. The van der Waals surface area contributed by atoms with Crippen molar-refractivity contribution in [2.45, 2.75) is 19.8 Å². The summed E-state index contributed by atoms with van der Waals surface area (Å²) in [6.07, 6.45) is 1.02. The topological polar surface area (TPSA) is 46.6 Å². The second-order valence-electron chi connectivity index (χ2n) is 5.80. The van der Waals surface area contributed by atoms with Crippen LogP contribution >= 0.6 is 0 Å². The van der Waals surface area contributed by atoms with E-state index in [0.717, 1.165) is 12.0 Å². The standard InChI is InChI=1S/C19H18FNO3/c1-2-13-3-9-17(10-4-13)24-19(23)14-11-18(22)21(12-14)16-7-5-15(20)6-8-16/h3-10,14H,2,11-12H2,1H3/t14-/m1/s1. The third-order valence-corrected chi connectivity index (χ3v) is 4.15. The van der Waals surface area contributed by atoms with Crippen LogP contribution in [0.2, 0.25) is 0 Å². The van der Waals surface area contributed by atoms with Crippen molar-refractivity contribution in [1.82, 2.24) is 0 Å². The number of halogens is 1. The van der Waals surface area contributed by atoms with Gasteiger partial charge < -0.3 is 9.64 Å². The van der Waals surface area contributed by atoms with E-state index >= 15 is 0 Å². The smallest absolute Gasteiger partial charge is 0.316 e. The number of carbonyl (C=O) groups is 2. The Bertz CT molecular complexity index is 740. The predicted molar refractivity (Wildman–Crippen MR) is 88.3 cm³/mol. The van der Waals surface area contributed by atoms with Gasteiger partial charge in [0.2, 0.25) is 5.91 Å². The maximum absolute atomic E-state index is 13.0. The van der Waals surface area contributed by atoms with E-state index in [1.165, 1.54) is 29.2 Å². The quantitative estimate of drug-likeness (QED) is 0.639. The second kappa shape index (κ2) is 6.83. The van der Waals surface area contributed by atoms with Gasteiger partial charge >= 0.3 is 5.97 Å². The van der Waals surface area contributed by atoms with Crippen LogP contribution in [0.1, 0.15) is 18.9 Å². The summed E-state index contributed by atoms with van der Waals surface area (Å²) in [5.41, 5.74) is 1.75. The van der Waals surface area contributed by atoms with Gasteiger partial charge in [-0.15, -0.1) is 0 Å². The first-order chi connectivity index (χ1) is 11.6. The molecule has 0 bridgehead atoms. The SMILES string of the molecule is CCc1ccc(OC(=O)[C@@H]2CC(=O)N(c3ccc(F)cc3)C2)cc1. The lowest BCUT2D eigenvalue weighted by Gasteiger charge is -2.16. The molecule has 24 heavy (non-hydrogen) atoms. The van der Waals surface area contributed by atoms with Crippen LogP contribution in [-0.4, -0.2) is 18.4 Å². The molecule has 1 amide bonds. The van der Waals surface area contributed by atoms with E-state index in [2.05, 4.69) is 6.92 Å². The Morgan fingerprint density at radius 1 is 1.17 bits per heavy atom. The first kappa shape index (κ1) is 16.2. The molecule has 0 N–H and O–H groups in total. The molecule has 0 saturated carbocycles. The molecule has 3 rings (SSSR count). The largest absolute Gasteiger partial charge is 0.426 e. The molecule has 4 nitrogen and oxygen atoms in total. The van der Waals surface area contributed by atoms with Gasteiger partial charge in [-0.1, -0.05) is 19.1 Å². The van der Waals surface area contributed by atoms with Crippen LogP contribution in [0.25, 0.3) is 0 Å². The van der Waals surface area contributed by atoms with Crippen molar-refractivity contribution < 1.29 is 18.7 Å². The molecule has 1 saturated heterocycles. The van der Waals surface area contributed by atoms with Crippen molar-refractivity contribution in [3.8, 4) is 5.75 Å². The number of ether oxygens (including phenoxy) is 1. The number of hydrogen-bond donors (Lipinski definition) is 0. The van der Waals surface area contributed by atoms with Crippen LogP contribution < -0.4 is 9.64 Å². The van der Waals surface area contributed by atoms with Crippen LogP contribution in [0.15, 0.2) is 48.5 Å². The third-order valence-electron chi connectivity index (χ3n) is 4.15. The van der Waals surface area contributed by atoms with Crippen molar-refractivity contribution in [3.05, 3.63) is 59.9 Å². The summed E-state index contributed by atoms with van der Waals surface area (Å²) in [5, 5.41) is 0. The number of benzene rings is 2. The van der Waals surface area contributed by atoms with E-state index in [1.54, 1.807) is 12.1 Å². The Balaban J connectivity index is 1.66. The normalized spacial score (nSPS) is 17.2. The van der Waals surface area contributed by atoms with Crippen LogP contribution in [0.4, 0.5) is 10.1 Å². The van der Waals surface area contributed by atoms with Gasteiger partial charge in [0.05, 0.1) is 5.92 Å². The van der Waals surface area contributed by atoms with Gasteiger partial charge in [0.15, 0.2) is 0 Å². The van der Waals surface area contributed by atoms with E-state index in [9.17, 15) is 14.0 Å². The molecule has 1 atom stereocenters. The lowest BCUT2D eigenvalue weighted by molar-refractivity contribution is -0.139. The van der Waals surface area contributed by atoms with Gasteiger partial charge in [-0.3, -0.25) is 9.59 Å². The Morgan fingerprint density at radius 2 is 1.83 bits per heavy atom. The summed E-state index contributed by atoms with van der Waals surface area (Å²) in [7, 11) is 0. The van der Waals surface area contributed by atoms with E-state index in [1.807, 2.05) is 12.1 Å². The Morgan fingerprint density at radius 3 is 2.46 bits per heavy atom. The molecule has 0 aromatic heterocycles. The first-order valence-electron chi connectivity index (χ1n) is 7.93. The monoisotopic (exact) mass is 327 g/mol. The van der Waals surface area contributed by atoms with Gasteiger partial charge in [-0.2, -0.15) is 0 Å². The summed E-state index contributed by atoms with van der Waals surface area (Å²) in [6.45, 7) is 2.30. The highest BCUT2D eigenvalue weighted by atomic mass is 19.1. The molecule has 2 aromatic rings. The summed E-state index contributed by atoms with van der Waals surface area (Å²) in [6, 6.07) is 13.0. The Kier molecular flexibility index (Phi) is 4.60. The molecule has 0 spiro atoms. The van der Waals surface area contributed by atoms with E-state index in [-0.39, 0.29) is 24.7 Å². The summed E-state index contributed by atoms with van der Waals surface area (Å²) in [4.78, 5) is 25.9. The van der Waals surface area contributed by atoms with Crippen molar-refractivity contribution in [1.29, 1.82) is 0 Å². The average Bonchev–Trinajstić information content (AvgIpc) is 2.98. The van der Waals surface area contributed by atoms with Gasteiger partial charge in [-0.25, -0.2) is 4.39 Å². The number of carbonyl (C=O) groups excluding carboxylic acids is 2. The molecule has 0 radical (unpaired) electrons. The third kappa shape index (κ3) is 3.45. The number of esters is 1. The molecule has 2 aromatic carbocycles. The maximum atomic E-state index is 13.0. The van der Waals surface area contributed by atoms with E-state index < -0.39 is 11.9 Å².